The summed E-state index contributed by atoms with van der Waals surface area (Å²) < 4.78 is 40.3. The summed E-state index contributed by atoms with van der Waals surface area (Å²) in [5.74, 6) is -0.812. The van der Waals surface area contributed by atoms with Gasteiger partial charge in [0.15, 0.2) is 0 Å². The van der Waals surface area contributed by atoms with Gasteiger partial charge in [-0.15, -0.1) is 0 Å². The molecule has 0 saturated carbocycles. The van der Waals surface area contributed by atoms with E-state index in [0.717, 1.165) is 12.1 Å². The lowest BCUT2D eigenvalue weighted by Gasteiger charge is -2.16. The molecular formula is C21H18F3N3O2. The third-order valence-corrected chi connectivity index (χ3v) is 4.33. The average molecular weight is 401 g/mol. The molecular weight excluding hydrogens is 383 g/mol. The fourth-order valence-corrected chi connectivity index (χ4v) is 2.81. The highest BCUT2D eigenvalue weighted by atomic mass is 19.4. The van der Waals surface area contributed by atoms with Crippen molar-refractivity contribution in [2.75, 3.05) is 11.9 Å². The summed E-state index contributed by atoms with van der Waals surface area (Å²) in [4.78, 5) is 20.6. The third kappa shape index (κ3) is 4.78. The van der Waals surface area contributed by atoms with E-state index in [2.05, 4.69) is 15.3 Å². The number of anilines is 1. The van der Waals surface area contributed by atoms with Gasteiger partial charge in [-0.2, -0.15) is 13.2 Å². The molecule has 150 valence electrons. The van der Waals surface area contributed by atoms with Crippen molar-refractivity contribution in [3.8, 4) is 0 Å². The predicted molar refractivity (Wildman–Crippen MR) is 102 cm³/mol. The molecule has 0 aliphatic heterocycles. The number of nitrogens with one attached hydrogen (secondary N) is 1. The Bertz CT molecular complexity index is 1010. The monoisotopic (exact) mass is 401 g/mol. The zero-order valence-corrected chi connectivity index (χ0v) is 15.4. The molecule has 0 bridgehead atoms. The van der Waals surface area contributed by atoms with Crippen molar-refractivity contribution in [1.29, 1.82) is 0 Å². The van der Waals surface area contributed by atoms with Gasteiger partial charge in [0.2, 0.25) is 5.78 Å². The van der Waals surface area contributed by atoms with Gasteiger partial charge in [-0.3, -0.25) is 9.78 Å². The minimum Gasteiger partial charge on any atom is -0.387 e. The second kappa shape index (κ2) is 8.40. The van der Waals surface area contributed by atoms with Gasteiger partial charge in [-0.25, -0.2) is 4.98 Å². The van der Waals surface area contributed by atoms with Gasteiger partial charge < -0.3 is 10.4 Å². The molecule has 0 unspecified atom stereocenters. The molecule has 3 rings (SSSR count). The maximum atomic E-state index is 13.4. The lowest BCUT2D eigenvalue weighted by molar-refractivity contribution is -0.138. The number of aliphatic hydroxyl groups is 1. The fourth-order valence-electron chi connectivity index (χ4n) is 2.81. The zero-order valence-electron chi connectivity index (χ0n) is 15.4. The van der Waals surface area contributed by atoms with Crippen LogP contribution in [0.5, 0.6) is 0 Å². The first-order valence-electron chi connectivity index (χ1n) is 8.79. The Balaban J connectivity index is 1.90. The number of carbonyl (C=O) groups is 1. The highest BCUT2D eigenvalue weighted by Gasteiger charge is 2.37. The van der Waals surface area contributed by atoms with Gasteiger partial charge in [0.1, 0.15) is 11.5 Å². The Morgan fingerprint density at radius 3 is 2.48 bits per heavy atom. The number of hydrogen-bond acceptors (Lipinski definition) is 5. The SMILES string of the molecule is Cc1ncccc1C(=O)c1nc(NC[C@@H](O)c2ccccc2)ccc1C(F)(F)F. The summed E-state index contributed by atoms with van der Waals surface area (Å²) in [6.45, 7) is 1.56. The number of carbonyl (C=O) groups excluding carboxylic acids is 1. The summed E-state index contributed by atoms with van der Waals surface area (Å²) >= 11 is 0. The topological polar surface area (TPSA) is 75.1 Å². The van der Waals surface area contributed by atoms with Gasteiger partial charge in [0.25, 0.3) is 0 Å². The van der Waals surface area contributed by atoms with Crippen LogP contribution in [0.4, 0.5) is 19.0 Å². The first-order valence-corrected chi connectivity index (χ1v) is 8.79. The molecule has 0 radical (unpaired) electrons. The van der Waals surface area contributed by atoms with E-state index in [9.17, 15) is 23.1 Å². The number of aromatic nitrogens is 2. The van der Waals surface area contributed by atoms with Crippen LogP contribution in [0.1, 0.15) is 39.0 Å². The van der Waals surface area contributed by atoms with Crippen LogP contribution in [0.15, 0.2) is 60.8 Å². The Morgan fingerprint density at radius 1 is 1.10 bits per heavy atom. The number of pyridine rings is 2. The molecule has 5 nitrogen and oxygen atoms in total. The predicted octanol–water partition coefficient (Wildman–Crippen LogP) is 4.18. The highest BCUT2D eigenvalue weighted by Crippen LogP contribution is 2.33. The second-order valence-electron chi connectivity index (χ2n) is 6.36. The van der Waals surface area contributed by atoms with Gasteiger partial charge in [-0.1, -0.05) is 30.3 Å². The van der Waals surface area contributed by atoms with E-state index >= 15 is 0 Å². The summed E-state index contributed by atoms with van der Waals surface area (Å²) in [5.41, 5.74) is -0.834. The van der Waals surface area contributed by atoms with Crippen LogP contribution in [0, 0.1) is 6.92 Å². The van der Waals surface area contributed by atoms with Crippen LogP contribution in [-0.4, -0.2) is 27.4 Å². The molecule has 0 amide bonds. The van der Waals surface area contributed by atoms with Gasteiger partial charge in [0, 0.05) is 24.0 Å². The summed E-state index contributed by atoms with van der Waals surface area (Å²) in [5, 5.41) is 13.0. The zero-order chi connectivity index (χ0) is 21.0. The molecule has 0 fully saturated rings. The molecule has 1 aromatic carbocycles. The molecule has 0 spiro atoms. The average Bonchev–Trinajstić information content (AvgIpc) is 2.71. The van der Waals surface area contributed by atoms with Crippen molar-refractivity contribution in [2.45, 2.75) is 19.2 Å². The van der Waals surface area contributed by atoms with Crippen LogP contribution < -0.4 is 5.32 Å². The molecule has 2 N–H and O–H groups in total. The molecule has 3 aromatic rings. The van der Waals surface area contributed by atoms with Crippen molar-refractivity contribution in [1.82, 2.24) is 9.97 Å². The third-order valence-electron chi connectivity index (χ3n) is 4.33. The first kappa shape index (κ1) is 20.5. The largest absolute Gasteiger partial charge is 0.418 e. The molecule has 8 heteroatoms. The van der Waals surface area contributed by atoms with Crippen LogP contribution in [0.25, 0.3) is 0 Å². The Labute approximate surface area is 165 Å². The smallest absolute Gasteiger partial charge is 0.387 e. The van der Waals surface area contributed by atoms with Crippen molar-refractivity contribution in [3.63, 3.8) is 0 Å². The van der Waals surface area contributed by atoms with Gasteiger partial charge >= 0.3 is 6.18 Å². The lowest BCUT2D eigenvalue weighted by atomic mass is 10.0. The Hall–Kier alpha value is -3.26. The number of benzene rings is 1. The van der Waals surface area contributed by atoms with Crippen molar-refractivity contribution in [2.24, 2.45) is 0 Å². The summed E-state index contributed by atoms with van der Waals surface area (Å²) in [6, 6.07) is 13.6. The molecule has 2 heterocycles. The Morgan fingerprint density at radius 2 is 1.83 bits per heavy atom. The van der Waals surface area contributed by atoms with E-state index in [4.69, 9.17) is 0 Å². The normalized spacial score (nSPS) is 12.4. The van der Waals surface area contributed by atoms with E-state index in [1.54, 1.807) is 37.3 Å². The van der Waals surface area contributed by atoms with Crippen molar-refractivity contribution in [3.05, 3.63) is 88.9 Å². The quantitative estimate of drug-likeness (QED) is 0.606. The van der Waals surface area contributed by atoms with Crippen LogP contribution in [-0.2, 0) is 6.18 Å². The number of nitrogens with zero attached hydrogens (tertiary/aromatic N) is 2. The molecule has 1 atom stereocenters. The molecule has 29 heavy (non-hydrogen) atoms. The minimum absolute atomic E-state index is 0.0158. The molecule has 2 aromatic heterocycles. The van der Waals surface area contributed by atoms with Gasteiger partial charge in [0.05, 0.1) is 11.7 Å². The number of alkyl halides is 3. The van der Waals surface area contributed by atoms with E-state index in [0.29, 0.717) is 11.3 Å². The maximum absolute atomic E-state index is 13.4. The summed E-state index contributed by atoms with van der Waals surface area (Å²) in [7, 11) is 0. The number of ketones is 1. The number of hydrogen-bond donors (Lipinski definition) is 2. The molecule has 0 saturated heterocycles. The van der Waals surface area contributed by atoms with E-state index in [1.807, 2.05) is 0 Å². The second-order valence-corrected chi connectivity index (χ2v) is 6.36. The van der Waals surface area contributed by atoms with E-state index in [1.165, 1.54) is 18.3 Å². The number of aryl methyl sites for hydroxylation is 1. The van der Waals surface area contributed by atoms with Crippen molar-refractivity contribution < 1.29 is 23.1 Å². The first-order chi connectivity index (χ1) is 13.8. The standard InChI is InChI=1S/C21H18F3N3O2/c1-13-15(8-5-11-25-13)20(29)19-16(21(22,23)24)9-10-18(27-19)26-12-17(28)14-6-3-2-4-7-14/h2-11,17,28H,12H2,1H3,(H,26,27)/t17-/m1/s1. The van der Waals surface area contributed by atoms with Crippen molar-refractivity contribution >= 4 is 11.6 Å². The highest BCUT2D eigenvalue weighted by molar-refractivity contribution is 6.09. The molecule has 0 aliphatic rings. The van der Waals surface area contributed by atoms with E-state index in [-0.39, 0.29) is 17.9 Å². The molecule has 0 aliphatic carbocycles. The Kier molecular flexibility index (Phi) is 5.93. The number of halogens is 3. The maximum Gasteiger partial charge on any atom is 0.418 e. The number of rotatable bonds is 6. The van der Waals surface area contributed by atoms with Gasteiger partial charge in [-0.05, 0) is 36.8 Å². The van der Waals surface area contributed by atoms with Crippen LogP contribution in [0.2, 0.25) is 0 Å². The fraction of sp³-hybridized carbons (Fsp3) is 0.190. The minimum atomic E-state index is -4.74. The summed E-state index contributed by atoms with van der Waals surface area (Å²) in [6.07, 6.45) is -4.18. The van der Waals surface area contributed by atoms with Crippen LogP contribution in [0.3, 0.4) is 0 Å². The van der Waals surface area contributed by atoms with E-state index < -0.39 is 29.3 Å². The lowest BCUT2D eigenvalue weighted by Crippen LogP contribution is -2.19. The van der Waals surface area contributed by atoms with Crippen LogP contribution >= 0.6 is 0 Å². The number of aliphatic hydroxyl groups excluding tert-OH is 1.